The van der Waals surface area contributed by atoms with E-state index >= 15 is 0 Å². The van der Waals surface area contributed by atoms with Gasteiger partial charge in [-0.3, -0.25) is 0 Å². The van der Waals surface area contributed by atoms with Crippen LogP contribution >= 0.6 is 0 Å². The predicted octanol–water partition coefficient (Wildman–Crippen LogP) is 2.17. The van der Waals surface area contributed by atoms with Crippen molar-refractivity contribution < 1.29 is 5.11 Å². The Morgan fingerprint density at radius 3 is 2.76 bits per heavy atom. The van der Waals surface area contributed by atoms with Crippen LogP contribution in [0.2, 0.25) is 0 Å². The molecule has 1 aromatic rings. The molecule has 1 rings (SSSR count). The SMILES string of the molecule is C=C/C(=C\N=C(/C)N)c1ccc(C#N)c(O)c1. The van der Waals surface area contributed by atoms with Gasteiger partial charge in [0, 0.05) is 6.20 Å². The molecule has 1 aromatic carbocycles. The number of nitriles is 1. The molecule has 0 unspecified atom stereocenters. The summed E-state index contributed by atoms with van der Waals surface area (Å²) in [5.41, 5.74) is 7.10. The third-order valence-corrected chi connectivity index (χ3v) is 2.08. The Bertz CT molecular complexity index is 532. The molecule has 0 aliphatic rings. The van der Waals surface area contributed by atoms with Crippen LogP contribution in [-0.2, 0) is 0 Å². The number of benzene rings is 1. The monoisotopic (exact) mass is 227 g/mol. The summed E-state index contributed by atoms with van der Waals surface area (Å²) >= 11 is 0. The van der Waals surface area contributed by atoms with Crippen molar-refractivity contribution >= 4 is 11.4 Å². The van der Waals surface area contributed by atoms with E-state index in [2.05, 4.69) is 11.6 Å². The van der Waals surface area contributed by atoms with Crippen molar-refractivity contribution in [3.63, 3.8) is 0 Å². The van der Waals surface area contributed by atoms with Gasteiger partial charge in [-0.15, -0.1) is 0 Å². The van der Waals surface area contributed by atoms with Crippen LogP contribution in [0.1, 0.15) is 18.1 Å². The molecule has 0 atom stereocenters. The lowest BCUT2D eigenvalue weighted by molar-refractivity contribution is 0.473. The first-order valence-electron chi connectivity index (χ1n) is 4.94. The van der Waals surface area contributed by atoms with Gasteiger partial charge in [-0.1, -0.05) is 18.7 Å². The minimum atomic E-state index is -0.0637. The van der Waals surface area contributed by atoms with Gasteiger partial charge in [0.2, 0.25) is 0 Å². The maximum atomic E-state index is 9.57. The number of aromatic hydroxyl groups is 1. The Morgan fingerprint density at radius 2 is 2.29 bits per heavy atom. The third kappa shape index (κ3) is 3.21. The lowest BCUT2D eigenvalue weighted by atomic mass is 10.0. The Balaban J connectivity index is 3.19. The molecular weight excluding hydrogens is 214 g/mol. The summed E-state index contributed by atoms with van der Waals surface area (Å²) in [6.07, 6.45) is 3.16. The van der Waals surface area contributed by atoms with Gasteiger partial charge in [0.15, 0.2) is 0 Å². The molecule has 0 aliphatic carbocycles. The van der Waals surface area contributed by atoms with Crippen molar-refractivity contribution in [1.82, 2.24) is 0 Å². The highest BCUT2D eigenvalue weighted by Gasteiger charge is 2.03. The summed E-state index contributed by atoms with van der Waals surface area (Å²) in [6.45, 7) is 5.34. The quantitative estimate of drug-likeness (QED) is 0.471. The molecule has 0 aliphatic heterocycles. The summed E-state index contributed by atoms with van der Waals surface area (Å²) in [5, 5.41) is 18.3. The number of amidine groups is 1. The summed E-state index contributed by atoms with van der Waals surface area (Å²) < 4.78 is 0. The molecule has 86 valence electrons. The number of nitrogens with two attached hydrogens (primary N) is 1. The molecule has 0 bridgehead atoms. The third-order valence-electron chi connectivity index (χ3n) is 2.08. The molecule has 3 N–H and O–H groups in total. The van der Waals surface area contributed by atoms with E-state index < -0.39 is 0 Å². The van der Waals surface area contributed by atoms with Gasteiger partial charge in [0.05, 0.1) is 11.4 Å². The first-order chi connectivity index (χ1) is 8.08. The lowest BCUT2D eigenvalue weighted by Gasteiger charge is -2.03. The van der Waals surface area contributed by atoms with Crippen LogP contribution in [0.15, 0.2) is 42.0 Å². The number of allylic oxidation sites excluding steroid dienone is 2. The van der Waals surface area contributed by atoms with Crippen LogP contribution in [0.3, 0.4) is 0 Å². The van der Waals surface area contributed by atoms with Crippen molar-refractivity contribution in [3.05, 3.63) is 48.2 Å². The Hall–Kier alpha value is -2.54. The normalized spacial score (nSPS) is 12.0. The molecule has 0 aromatic heterocycles. The molecule has 0 fully saturated rings. The number of rotatable bonds is 3. The van der Waals surface area contributed by atoms with Crippen LogP contribution in [-0.4, -0.2) is 10.9 Å². The zero-order chi connectivity index (χ0) is 12.8. The second kappa shape index (κ2) is 5.52. The highest BCUT2D eigenvalue weighted by molar-refractivity contribution is 5.81. The minimum absolute atomic E-state index is 0.0637. The number of phenols is 1. The predicted molar refractivity (Wildman–Crippen MR) is 68.3 cm³/mol. The summed E-state index contributed by atoms with van der Waals surface area (Å²) in [4.78, 5) is 3.96. The van der Waals surface area contributed by atoms with Gasteiger partial charge in [-0.2, -0.15) is 5.26 Å². The van der Waals surface area contributed by atoms with Gasteiger partial charge >= 0.3 is 0 Å². The minimum Gasteiger partial charge on any atom is -0.507 e. The van der Waals surface area contributed by atoms with Crippen molar-refractivity contribution in [2.24, 2.45) is 10.7 Å². The molecule has 17 heavy (non-hydrogen) atoms. The van der Waals surface area contributed by atoms with Gasteiger partial charge in [-0.05, 0) is 30.2 Å². The maximum Gasteiger partial charge on any atom is 0.133 e. The molecule has 0 radical (unpaired) electrons. The molecule has 0 amide bonds. The fourth-order valence-electron chi connectivity index (χ4n) is 1.22. The molecule has 0 heterocycles. The molecule has 4 heteroatoms. The van der Waals surface area contributed by atoms with E-state index in [0.29, 0.717) is 5.84 Å². The van der Waals surface area contributed by atoms with Crippen molar-refractivity contribution in [3.8, 4) is 11.8 Å². The van der Waals surface area contributed by atoms with Crippen LogP contribution in [0.25, 0.3) is 5.57 Å². The van der Waals surface area contributed by atoms with E-state index in [4.69, 9.17) is 11.0 Å². The smallest absolute Gasteiger partial charge is 0.133 e. The van der Waals surface area contributed by atoms with Crippen LogP contribution in [0, 0.1) is 11.3 Å². The Labute approximate surface area is 100 Å². The van der Waals surface area contributed by atoms with Crippen molar-refractivity contribution in [1.29, 1.82) is 5.26 Å². The fraction of sp³-hybridized carbons (Fsp3) is 0.0769. The van der Waals surface area contributed by atoms with E-state index in [9.17, 15) is 5.11 Å². The van der Waals surface area contributed by atoms with Gasteiger partial charge in [0.25, 0.3) is 0 Å². The van der Waals surface area contributed by atoms with Crippen LogP contribution < -0.4 is 5.73 Å². The number of hydrogen-bond acceptors (Lipinski definition) is 3. The van der Waals surface area contributed by atoms with Gasteiger partial charge in [-0.25, -0.2) is 4.99 Å². The molecule has 0 saturated heterocycles. The van der Waals surface area contributed by atoms with E-state index in [0.717, 1.165) is 11.1 Å². The number of hydrogen-bond donors (Lipinski definition) is 2. The van der Waals surface area contributed by atoms with Gasteiger partial charge in [0.1, 0.15) is 11.8 Å². The second-order valence-electron chi connectivity index (χ2n) is 3.40. The summed E-state index contributed by atoms with van der Waals surface area (Å²) in [7, 11) is 0. The van der Waals surface area contributed by atoms with Crippen LogP contribution in [0.5, 0.6) is 5.75 Å². The van der Waals surface area contributed by atoms with E-state index in [1.807, 2.05) is 6.07 Å². The maximum absolute atomic E-state index is 9.57. The second-order valence-corrected chi connectivity index (χ2v) is 3.40. The first-order valence-corrected chi connectivity index (χ1v) is 4.94. The summed E-state index contributed by atoms with van der Waals surface area (Å²) in [6, 6.07) is 6.64. The lowest BCUT2D eigenvalue weighted by Crippen LogP contribution is -2.03. The molecule has 0 saturated carbocycles. The van der Waals surface area contributed by atoms with E-state index in [-0.39, 0.29) is 11.3 Å². The molecular formula is C13H13N3O. The highest BCUT2D eigenvalue weighted by Crippen LogP contribution is 2.23. The van der Waals surface area contributed by atoms with E-state index in [1.165, 1.54) is 6.07 Å². The standard InChI is InChI=1S/C13H13N3O/c1-3-10(8-16-9(2)15)11-4-5-12(7-14)13(17)6-11/h3-6,8,17H,1H2,2H3,(H2,15,16)/b10-8+. The topological polar surface area (TPSA) is 82.4 Å². The van der Waals surface area contributed by atoms with E-state index in [1.54, 1.807) is 31.3 Å². The largest absolute Gasteiger partial charge is 0.507 e. The first kappa shape index (κ1) is 12.5. The Morgan fingerprint density at radius 1 is 1.59 bits per heavy atom. The summed E-state index contributed by atoms with van der Waals surface area (Å²) in [5.74, 6) is 0.369. The average Bonchev–Trinajstić information content (AvgIpc) is 2.29. The van der Waals surface area contributed by atoms with Crippen molar-refractivity contribution in [2.45, 2.75) is 6.92 Å². The average molecular weight is 227 g/mol. The molecule has 0 spiro atoms. The zero-order valence-electron chi connectivity index (χ0n) is 9.51. The van der Waals surface area contributed by atoms with Crippen molar-refractivity contribution in [2.75, 3.05) is 0 Å². The number of phenolic OH excluding ortho intramolecular Hbond substituents is 1. The number of nitrogens with zero attached hydrogens (tertiary/aromatic N) is 2. The molecule has 4 nitrogen and oxygen atoms in total. The fourth-order valence-corrected chi connectivity index (χ4v) is 1.22. The van der Waals surface area contributed by atoms with Crippen LogP contribution in [0.4, 0.5) is 0 Å². The zero-order valence-corrected chi connectivity index (χ0v) is 9.51. The Kier molecular flexibility index (Phi) is 4.07. The number of aliphatic imine (C=N–C) groups is 1. The van der Waals surface area contributed by atoms with Gasteiger partial charge < -0.3 is 10.8 Å². The highest BCUT2D eigenvalue weighted by atomic mass is 16.3.